The first-order valence-electron chi connectivity index (χ1n) is 10.5. The molecule has 5 aromatic heterocycles. The highest BCUT2D eigenvalue weighted by Gasteiger charge is 2.17. The van der Waals surface area contributed by atoms with E-state index in [4.69, 9.17) is 4.98 Å². The van der Waals surface area contributed by atoms with E-state index >= 15 is 0 Å². The van der Waals surface area contributed by atoms with Crippen LogP contribution in [0.15, 0.2) is 73.6 Å². The van der Waals surface area contributed by atoms with E-state index in [1.54, 1.807) is 23.3 Å². The molecule has 6 rings (SSSR count). The maximum absolute atomic E-state index is 4.80. The van der Waals surface area contributed by atoms with Crippen molar-refractivity contribution in [2.75, 3.05) is 0 Å². The fourth-order valence-corrected chi connectivity index (χ4v) is 3.93. The van der Waals surface area contributed by atoms with Crippen LogP contribution >= 0.6 is 0 Å². The minimum absolute atomic E-state index is 0.0940. The second kappa shape index (κ2) is 7.56. The Morgan fingerprint density at radius 3 is 2.58 bits per heavy atom. The number of benzene rings is 1. The molecule has 0 aliphatic rings. The molecule has 0 amide bonds. The fourth-order valence-electron chi connectivity index (χ4n) is 3.93. The number of pyridine rings is 2. The van der Waals surface area contributed by atoms with Gasteiger partial charge in [-0.2, -0.15) is 5.10 Å². The Kier molecular flexibility index (Phi) is 4.39. The van der Waals surface area contributed by atoms with E-state index in [1.807, 2.05) is 48.5 Å². The van der Waals surface area contributed by atoms with Crippen molar-refractivity contribution in [3.8, 4) is 22.4 Å². The van der Waals surface area contributed by atoms with Crippen molar-refractivity contribution in [1.82, 2.24) is 44.7 Å². The molecule has 0 aliphatic carbocycles. The lowest BCUT2D eigenvalue weighted by atomic mass is 10.0. The lowest BCUT2D eigenvalue weighted by Crippen LogP contribution is -2.09. The molecule has 6 aromatic rings. The third-order valence-corrected chi connectivity index (χ3v) is 5.76. The average Bonchev–Trinajstić information content (AvgIpc) is 3.49. The van der Waals surface area contributed by atoms with Gasteiger partial charge in [0.2, 0.25) is 5.65 Å². The van der Waals surface area contributed by atoms with Crippen molar-refractivity contribution in [3.63, 3.8) is 0 Å². The summed E-state index contributed by atoms with van der Waals surface area (Å²) in [7, 11) is 1.91. The van der Waals surface area contributed by atoms with Crippen LogP contribution in [0.5, 0.6) is 0 Å². The quantitative estimate of drug-likeness (QED) is 0.416. The van der Waals surface area contributed by atoms with E-state index in [9.17, 15) is 0 Å². The van der Waals surface area contributed by atoms with Gasteiger partial charge in [0.15, 0.2) is 5.65 Å². The zero-order valence-corrected chi connectivity index (χ0v) is 18.0. The van der Waals surface area contributed by atoms with Crippen LogP contribution in [-0.2, 0) is 7.05 Å². The van der Waals surface area contributed by atoms with E-state index in [0.29, 0.717) is 11.3 Å². The minimum Gasteiger partial charge on any atom is -0.275 e. The number of nitrogens with zero attached hydrogens (tertiary/aromatic N) is 9. The van der Waals surface area contributed by atoms with E-state index in [2.05, 4.69) is 55.5 Å². The van der Waals surface area contributed by atoms with Crippen LogP contribution < -0.4 is 0 Å². The highest BCUT2D eigenvalue weighted by molar-refractivity contribution is 5.84. The standard InChI is InChI=1S/C24H19N9/c1-15(33-24-23(30-31-33)27-13-22(29-24)16-5-7-25-8-6-16)17-3-4-21-18(9-17)10-19(11-26-21)20-12-28-32(2)14-20/h3-15H,1-2H3. The molecule has 0 spiro atoms. The number of hydrogen-bond donors (Lipinski definition) is 0. The van der Waals surface area contributed by atoms with Gasteiger partial charge >= 0.3 is 0 Å². The number of rotatable bonds is 4. The summed E-state index contributed by atoms with van der Waals surface area (Å²) in [6.45, 7) is 2.08. The van der Waals surface area contributed by atoms with Gasteiger partial charge in [-0.05, 0) is 42.8 Å². The Morgan fingerprint density at radius 1 is 0.879 bits per heavy atom. The first-order valence-corrected chi connectivity index (χ1v) is 10.5. The number of aromatic nitrogens is 9. The lowest BCUT2D eigenvalue weighted by molar-refractivity contribution is 0.556. The molecule has 1 aromatic carbocycles. The normalized spacial score (nSPS) is 12.4. The van der Waals surface area contributed by atoms with Crippen molar-refractivity contribution >= 4 is 22.2 Å². The van der Waals surface area contributed by atoms with Gasteiger partial charge in [-0.25, -0.2) is 14.6 Å². The monoisotopic (exact) mass is 433 g/mol. The molecule has 9 heteroatoms. The van der Waals surface area contributed by atoms with Crippen molar-refractivity contribution < 1.29 is 0 Å². The van der Waals surface area contributed by atoms with Gasteiger partial charge in [0, 0.05) is 53.9 Å². The van der Waals surface area contributed by atoms with Gasteiger partial charge in [0.1, 0.15) is 0 Å². The zero-order valence-electron chi connectivity index (χ0n) is 18.0. The third-order valence-electron chi connectivity index (χ3n) is 5.76. The van der Waals surface area contributed by atoms with Crippen LogP contribution in [0.2, 0.25) is 0 Å². The molecule has 0 N–H and O–H groups in total. The van der Waals surface area contributed by atoms with E-state index < -0.39 is 0 Å². The Bertz CT molecular complexity index is 1600. The first-order chi connectivity index (χ1) is 16.2. The van der Waals surface area contributed by atoms with Crippen molar-refractivity contribution in [2.24, 2.45) is 7.05 Å². The van der Waals surface area contributed by atoms with E-state index in [-0.39, 0.29) is 6.04 Å². The lowest BCUT2D eigenvalue weighted by Gasteiger charge is -2.13. The van der Waals surface area contributed by atoms with Crippen LogP contribution in [0.4, 0.5) is 0 Å². The summed E-state index contributed by atoms with van der Waals surface area (Å²) in [5.41, 5.74) is 6.92. The van der Waals surface area contributed by atoms with E-state index in [0.717, 1.165) is 38.9 Å². The predicted octanol–water partition coefficient (Wildman–Crippen LogP) is 3.84. The molecule has 0 aliphatic heterocycles. The molecular formula is C24H19N9. The van der Waals surface area contributed by atoms with Crippen molar-refractivity contribution in [2.45, 2.75) is 13.0 Å². The zero-order chi connectivity index (χ0) is 22.4. The van der Waals surface area contributed by atoms with Gasteiger partial charge < -0.3 is 0 Å². The van der Waals surface area contributed by atoms with Gasteiger partial charge in [-0.15, -0.1) is 5.10 Å². The molecular weight excluding hydrogens is 414 g/mol. The highest BCUT2D eigenvalue weighted by atomic mass is 15.5. The SMILES string of the molecule is CC(c1ccc2ncc(-c3cnn(C)c3)cc2c1)n1nnc2ncc(-c3ccncc3)nc21. The molecule has 0 saturated carbocycles. The molecule has 160 valence electrons. The van der Waals surface area contributed by atoms with Crippen molar-refractivity contribution in [1.29, 1.82) is 0 Å². The molecule has 0 fully saturated rings. The summed E-state index contributed by atoms with van der Waals surface area (Å²) in [4.78, 5) is 18.0. The molecule has 0 bridgehead atoms. The highest BCUT2D eigenvalue weighted by Crippen LogP contribution is 2.27. The molecule has 33 heavy (non-hydrogen) atoms. The van der Waals surface area contributed by atoms with Crippen LogP contribution in [-0.4, -0.2) is 44.7 Å². The molecule has 5 heterocycles. The largest absolute Gasteiger partial charge is 0.275 e. The summed E-state index contributed by atoms with van der Waals surface area (Å²) < 4.78 is 3.60. The van der Waals surface area contributed by atoms with Crippen LogP contribution in [0.25, 0.3) is 44.6 Å². The maximum Gasteiger partial charge on any atom is 0.221 e. The molecule has 9 nitrogen and oxygen atoms in total. The summed E-state index contributed by atoms with van der Waals surface area (Å²) in [5.74, 6) is 0. The Morgan fingerprint density at radius 2 is 1.76 bits per heavy atom. The molecule has 1 unspecified atom stereocenters. The number of fused-ring (bicyclic) bond motifs is 2. The first kappa shape index (κ1) is 19.2. The second-order valence-corrected chi connectivity index (χ2v) is 7.93. The van der Waals surface area contributed by atoms with Gasteiger partial charge in [-0.1, -0.05) is 11.3 Å². The minimum atomic E-state index is -0.0940. The fraction of sp³-hybridized carbons (Fsp3) is 0.125. The predicted molar refractivity (Wildman–Crippen MR) is 124 cm³/mol. The Balaban J connectivity index is 1.41. The van der Waals surface area contributed by atoms with Crippen LogP contribution in [0.1, 0.15) is 18.5 Å². The van der Waals surface area contributed by atoms with Crippen molar-refractivity contribution in [3.05, 3.63) is 79.1 Å². The summed E-state index contributed by atoms with van der Waals surface area (Å²) in [6.07, 6.45) is 10.9. The van der Waals surface area contributed by atoms with Gasteiger partial charge in [0.05, 0.1) is 29.6 Å². The summed E-state index contributed by atoms with van der Waals surface area (Å²) >= 11 is 0. The number of hydrogen-bond acceptors (Lipinski definition) is 7. The van der Waals surface area contributed by atoms with E-state index in [1.165, 1.54) is 0 Å². The topological polar surface area (TPSA) is 100 Å². The summed E-state index contributed by atoms with van der Waals surface area (Å²) in [5, 5.41) is 13.9. The molecule has 1 atom stereocenters. The molecule has 0 radical (unpaired) electrons. The summed E-state index contributed by atoms with van der Waals surface area (Å²) in [6, 6.07) is 12.1. The number of aryl methyl sites for hydroxylation is 1. The Hall–Kier alpha value is -4.53. The second-order valence-electron chi connectivity index (χ2n) is 7.93. The van der Waals surface area contributed by atoms with Crippen LogP contribution in [0.3, 0.4) is 0 Å². The van der Waals surface area contributed by atoms with Gasteiger partial charge in [-0.3, -0.25) is 14.6 Å². The Labute approximate surface area is 188 Å². The average molecular weight is 433 g/mol. The van der Waals surface area contributed by atoms with Crippen LogP contribution in [0, 0.1) is 0 Å². The smallest absolute Gasteiger partial charge is 0.221 e. The maximum atomic E-state index is 4.80. The van der Waals surface area contributed by atoms with Gasteiger partial charge in [0.25, 0.3) is 0 Å². The molecule has 0 saturated heterocycles. The third kappa shape index (κ3) is 3.39.